The van der Waals surface area contributed by atoms with E-state index in [1.54, 1.807) is 0 Å². The van der Waals surface area contributed by atoms with Crippen molar-refractivity contribution in [2.75, 3.05) is 13.6 Å². The van der Waals surface area contributed by atoms with Crippen molar-refractivity contribution in [3.8, 4) is 0 Å². The van der Waals surface area contributed by atoms with Crippen molar-refractivity contribution in [1.29, 1.82) is 0 Å². The van der Waals surface area contributed by atoms with Gasteiger partial charge in [-0.15, -0.1) is 0 Å². The largest absolute Gasteiger partial charge is 0.311 e. The second-order valence-electron chi connectivity index (χ2n) is 5.59. The van der Waals surface area contributed by atoms with Crippen LogP contribution >= 0.6 is 0 Å². The Bertz CT molecular complexity index is 202. The monoisotopic (exact) mass is 196 g/mol. The van der Waals surface area contributed by atoms with Gasteiger partial charge in [0.25, 0.3) is 0 Å². The summed E-state index contributed by atoms with van der Waals surface area (Å²) >= 11 is 0. The summed E-state index contributed by atoms with van der Waals surface area (Å²) in [6.45, 7) is 8.32. The molecule has 0 spiro atoms. The van der Waals surface area contributed by atoms with E-state index in [1.807, 2.05) is 0 Å². The molecule has 2 nitrogen and oxygen atoms in total. The third-order valence-electron chi connectivity index (χ3n) is 4.15. The van der Waals surface area contributed by atoms with E-state index in [2.05, 4.69) is 38.0 Å². The van der Waals surface area contributed by atoms with E-state index in [1.165, 1.54) is 19.4 Å². The summed E-state index contributed by atoms with van der Waals surface area (Å²) in [4.78, 5) is 2.49. The van der Waals surface area contributed by atoms with Crippen LogP contribution in [-0.2, 0) is 0 Å². The van der Waals surface area contributed by atoms with Crippen LogP contribution in [-0.4, -0.2) is 36.6 Å². The Balaban J connectivity index is 1.85. The van der Waals surface area contributed by atoms with E-state index < -0.39 is 0 Å². The summed E-state index contributed by atoms with van der Waals surface area (Å²) < 4.78 is 0. The molecule has 5 atom stereocenters. The minimum atomic E-state index is 0.748. The molecule has 0 aromatic heterocycles. The van der Waals surface area contributed by atoms with Crippen molar-refractivity contribution in [2.24, 2.45) is 11.8 Å². The van der Waals surface area contributed by atoms with Gasteiger partial charge in [-0.05, 0) is 38.6 Å². The first kappa shape index (κ1) is 10.4. The third-order valence-corrected chi connectivity index (χ3v) is 4.15. The van der Waals surface area contributed by atoms with E-state index in [9.17, 15) is 0 Å². The van der Waals surface area contributed by atoms with Crippen LogP contribution in [0.3, 0.4) is 0 Å². The maximum atomic E-state index is 3.82. The molecule has 2 heteroatoms. The van der Waals surface area contributed by atoms with Crippen LogP contribution in [0, 0.1) is 11.8 Å². The van der Waals surface area contributed by atoms with Crippen LogP contribution in [0.5, 0.6) is 0 Å². The van der Waals surface area contributed by atoms with Crippen molar-refractivity contribution >= 4 is 0 Å². The highest BCUT2D eigenvalue weighted by Crippen LogP contribution is 2.32. The molecule has 2 aliphatic rings. The number of hydrogen-bond donors (Lipinski definition) is 1. The Kier molecular flexibility index (Phi) is 2.85. The van der Waals surface area contributed by atoms with Gasteiger partial charge in [0.05, 0.1) is 0 Å². The Morgan fingerprint density at radius 3 is 2.14 bits per heavy atom. The maximum absolute atomic E-state index is 3.82. The average Bonchev–Trinajstić information content (AvgIpc) is 2.78. The quantitative estimate of drug-likeness (QED) is 0.723. The molecule has 1 aliphatic carbocycles. The SMILES string of the molecule is CC1CC1NC1CC(C)N(C)CC1C. The molecule has 1 heterocycles. The molecule has 14 heavy (non-hydrogen) atoms. The number of piperidine rings is 1. The molecule has 0 bridgehead atoms. The third kappa shape index (κ3) is 2.12. The molecular weight excluding hydrogens is 172 g/mol. The lowest BCUT2D eigenvalue weighted by Crippen LogP contribution is -2.51. The van der Waals surface area contributed by atoms with Gasteiger partial charge in [0, 0.05) is 24.7 Å². The number of hydrogen-bond acceptors (Lipinski definition) is 2. The van der Waals surface area contributed by atoms with Crippen LogP contribution in [0.25, 0.3) is 0 Å². The van der Waals surface area contributed by atoms with E-state index in [0.29, 0.717) is 0 Å². The highest BCUT2D eigenvalue weighted by Gasteiger charge is 2.37. The van der Waals surface area contributed by atoms with E-state index in [0.717, 1.165) is 30.0 Å². The second kappa shape index (κ2) is 3.82. The standard InChI is InChI=1S/C12H24N2/c1-8-5-11(8)13-12-6-10(3)14(4)7-9(12)2/h8-13H,5-7H2,1-4H3. The lowest BCUT2D eigenvalue weighted by molar-refractivity contribution is 0.120. The van der Waals surface area contributed by atoms with Crippen LogP contribution < -0.4 is 5.32 Å². The summed E-state index contributed by atoms with van der Waals surface area (Å²) in [5, 5.41) is 3.82. The topological polar surface area (TPSA) is 15.3 Å². The van der Waals surface area contributed by atoms with Gasteiger partial charge in [0.2, 0.25) is 0 Å². The Morgan fingerprint density at radius 1 is 1.00 bits per heavy atom. The van der Waals surface area contributed by atoms with Gasteiger partial charge < -0.3 is 10.2 Å². The normalized spacial score (nSPS) is 49.3. The summed E-state index contributed by atoms with van der Waals surface area (Å²) in [7, 11) is 2.25. The van der Waals surface area contributed by atoms with Crippen molar-refractivity contribution in [2.45, 2.75) is 51.7 Å². The van der Waals surface area contributed by atoms with Crippen molar-refractivity contribution < 1.29 is 0 Å². The molecule has 2 fully saturated rings. The fraction of sp³-hybridized carbons (Fsp3) is 1.00. The Morgan fingerprint density at radius 2 is 1.57 bits per heavy atom. The van der Waals surface area contributed by atoms with Crippen LogP contribution in [0.15, 0.2) is 0 Å². The summed E-state index contributed by atoms with van der Waals surface area (Å²) in [5.41, 5.74) is 0. The molecule has 5 unspecified atom stereocenters. The van der Waals surface area contributed by atoms with E-state index in [4.69, 9.17) is 0 Å². The first-order valence-corrected chi connectivity index (χ1v) is 6.04. The Hall–Kier alpha value is -0.0800. The number of nitrogens with one attached hydrogen (secondary N) is 1. The van der Waals surface area contributed by atoms with Crippen molar-refractivity contribution in [3.63, 3.8) is 0 Å². The fourth-order valence-electron chi connectivity index (χ4n) is 2.60. The molecule has 0 aromatic carbocycles. The summed E-state index contributed by atoms with van der Waals surface area (Å²) in [6, 6.07) is 2.34. The van der Waals surface area contributed by atoms with Gasteiger partial charge in [-0.2, -0.15) is 0 Å². The minimum Gasteiger partial charge on any atom is -0.311 e. The predicted octanol–water partition coefficient (Wildman–Crippen LogP) is 1.71. The lowest BCUT2D eigenvalue weighted by atomic mass is 9.90. The second-order valence-corrected chi connectivity index (χ2v) is 5.59. The minimum absolute atomic E-state index is 0.748. The van der Waals surface area contributed by atoms with Gasteiger partial charge in [0.1, 0.15) is 0 Å². The average molecular weight is 196 g/mol. The van der Waals surface area contributed by atoms with Gasteiger partial charge in [-0.3, -0.25) is 0 Å². The smallest absolute Gasteiger partial charge is 0.0122 e. The molecule has 0 radical (unpaired) electrons. The van der Waals surface area contributed by atoms with Gasteiger partial charge >= 0.3 is 0 Å². The molecule has 2 rings (SSSR count). The first-order valence-electron chi connectivity index (χ1n) is 6.04. The highest BCUT2D eigenvalue weighted by molar-refractivity contribution is 4.95. The van der Waals surface area contributed by atoms with Gasteiger partial charge in [0.15, 0.2) is 0 Å². The molecule has 1 saturated carbocycles. The molecule has 1 N–H and O–H groups in total. The van der Waals surface area contributed by atoms with Crippen molar-refractivity contribution in [3.05, 3.63) is 0 Å². The molecule has 82 valence electrons. The van der Waals surface area contributed by atoms with Crippen LogP contribution in [0.2, 0.25) is 0 Å². The first-order chi connectivity index (χ1) is 6.58. The Labute approximate surface area is 88.1 Å². The number of nitrogens with zero attached hydrogens (tertiary/aromatic N) is 1. The summed E-state index contributed by atoms with van der Waals surface area (Å²) in [5.74, 6) is 1.74. The number of likely N-dealkylation sites (tertiary alicyclic amines) is 1. The van der Waals surface area contributed by atoms with Gasteiger partial charge in [-0.1, -0.05) is 13.8 Å². The van der Waals surface area contributed by atoms with Crippen LogP contribution in [0.4, 0.5) is 0 Å². The zero-order valence-electron chi connectivity index (χ0n) is 9.96. The van der Waals surface area contributed by atoms with Crippen LogP contribution in [0.1, 0.15) is 33.6 Å². The highest BCUT2D eigenvalue weighted by atomic mass is 15.2. The zero-order chi connectivity index (χ0) is 10.3. The predicted molar refractivity (Wildman–Crippen MR) is 60.4 cm³/mol. The molecular formula is C12H24N2. The number of rotatable bonds is 2. The van der Waals surface area contributed by atoms with Gasteiger partial charge in [-0.25, -0.2) is 0 Å². The molecule has 0 aromatic rings. The van der Waals surface area contributed by atoms with E-state index in [-0.39, 0.29) is 0 Å². The zero-order valence-corrected chi connectivity index (χ0v) is 9.96. The lowest BCUT2D eigenvalue weighted by Gasteiger charge is -2.40. The molecule has 1 saturated heterocycles. The summed E-state index contributed by atoms with van der Waals surface area (Å²) in [6.07, 6.45) is 2.72. The van der Waals surface area contributed by atoms with Crippen molar-refractivity contribution in [1.82, 2.24) is 10.2 Å². The van der Waals surface area contributed by atoms with E-state index >= 15 is 0 Å². The fourth-order valence-corrected chi connectivity index (χ4v) is 2.60. The maximum Gasteiger partial charge on any atom is 0.0122 e. The molecule has 1 aliphatic heterocycles. The molecule has 0 amide bonds.